The molecule has 0 bridgehead atoms. The first-order chi connectivity index (χ1) is 19.7. The summed E-state index contributed by atoms with van der Waals surface area (Å²) < 4.78 is 34.8. The molecule has 0 aliphatic rings. The summed E-state index contributed by atoms with van der Waals surface area (Å²) >= 11 is 55.0. The first-order valence-electron chi connectivity index (χ1n) is 12.2. The zero-order chi connectivity index (χ0) is 33.0. The number of halogens is 6. The standard InChI is InChI=1S/C14H34O6S6Si2.C2H4Cl6Si2.C2H6OS/c1-15-12-24-27(18-4-7-21,19-5-8-22)10-11-28(20-6-9-23,25-13-16-2)26-14-17-3;3-9(4,5)1-2-10(6,7)8;3-1-2-4/h21-23H,4-14H2,1-3H3;1-2H2;3-4H,1-2H2. The van der Waals surface area contributed by atoms with Gasteiger partial charge in [-0.15, -0.1) is 88.9 Å². The maximum absolute atomic E-state index is 7.80. The van der Waals surface area contributed by atoms with Gasteiger partial charge in [0.1, 0.15) is 0 Å². The van der Waals surface area contributed by atoms with Crippen molar-refractivity contribution in [1.29, 1.82) is 0 Å². The van der Waals surface area contributed by atoms with Crippen LogP contribution in [0.3, 0.4) is 0 Å². The van der Waals surface area contributed by atoms with Gasteiger partial charge in [-0.05, 0) is 18.1 Å². The van der Waals surface area contributed by atoms with E-state index in [0.29, 0.717) is 72.7 Å². The Balaban J connectivity index is -0.000000893. The van der Waals surface area contributed by atoms with E-state index < -0.39 is 26.3 Å². The van der Waals surface area contributed by atoms with Crippen LogP contribution in [0, 0.1) is 0 Å². The lowest BCUT2D eigenvalue weighted by Gasteiger charge is -2.34. The maximum atomic E-state index is 7.80. The molecule has 24 heteroatoms. The van der Waals surface area contributed by atoms with Crippen LogP contribution in [0.15, 0.2) is 0 Å². The fourth-order valence-electron chi connectivity index (χ4n) is 2.32. The van der Waals surface area contributed by atoms with Crippen LogP contribution >= 0.6 is 151 Å². The second kappa shape index (κ2) is 33.0. The van der Waals surface area contributed by atoms with Gasteiger partial charge in [-0.25, -0.2) is 0 Å². The highest BCUT2D eigenvalue weighted by atomic mass is 35.8. The van der Waals surface area contributed by atoms with Gasteiger partial charge >= 0.3 is 26.3 Å². The molecule has 258 valence electrons. The molecule has 42 heavy (non-hydrogen) atoms. The van der Waals surface area contributed by atoms with Gasteiger partial charge in [0.25, 0.3) is 0 Å². The number of thiol groups is 4. The van der Waals surface area contributed by atoms with Gasteiger partial charge in [-0.2, -0.15) is 50.5 Å². The second-order valence-corrected chi connectivity index (χ2v) is 43.1. The average molecular weight is 922 g/mol. The van der Waals surface area contributed by atoms with Crippen molar-refractivity contribution in [3.63, 3.8) is 0 Å². The molecule has 0 saturated carbocycles. The number of hydrogen-bond donors (Lipinski definition) is 5. The summed E-state index contributed by atoms with van der Waals surface area (Å²) in [7, 11) is 2.52. The van der Waals surface area contributed by atoms with Crippen molar-refractivity contribution in [2.45, 2.75) is 24.2 Å². The van der Waals surface area contributed by atoms with Crippen molar-refractivity contribution in [3.05, 3.63) is 0 Å². The molecule has 0 aliphatic heterocycles. The number of ether oxygens (including phenoxy) is 3. The predicted molar refractivity (Wildman–Crippen MR) is 216 cm³/mol. The lowest BCUT2D eigenvalue weighted by atomic mass is 10.9. The van der Waals surface area contributed by atoms with Gasteiger partial charge in [-0.1, -0.05) is 11.2 Å². The van der Waals surface area contributed by atoms with Crippen molar-refractivity contribution in [3.8, 4) is 0 Å². The van der Waals surface area contributed by atoms with Gasteiger partial charge in [-0.3, -0.25) is 0 Å². The Labute approximate surface area is 318 Å². The average Bonchev–Trinajstić information content (AvgIpc) is 2.95. The smallest absolute Gasteiger partial charge is 0.398 e. The minimum absolute atomic E-state index is 0.184. The first kappa shape index (κ1) is 51.1. The third-order valence-electron chi connectivity index (χ3n) is 3.96. The van der Waals surface area contributed by atoms with Gasteiger partial charge in [0.2, 0.25) is 0 Å². The van der Waals surface area contributed by atoms with Crippen molar-refractivity contribution in [2.24, 2.45) is 0 Å². The third-order valence-corrected chi connectivity index (χ3v) is 27.2. The monoisotopic (exact) mass is 918 g/mol. The molecule has 0 unspecified atom stereocenters. The molecule has 0 spiro atoms. The highest BCUT2D eigenvalue weighted by Crippen LogP contribution is 2.42. The van der Waals surface area contributed by atoms with Crippen LogP contribution in [0.1, 0.15) is 0 Å². The van der Waals surface area contributed by atoms with Gasteiger partial charge in [0.15, 0.2) is 0 Å². The van der Waals surface area contributed by atoms with Crippen LogP contribution in [0.25, 0.3) is 0 Å². The largest absolute Gasteiger partial charge is 0.408 e. The van der Waals surface area contributed by atoms with Crippen molar-refractivity contribution >= 4 is 177 Å². The van der Waals surface area contributed by atoms with E-state index in [1.54, 1.807) is 55.0 Å². The summed E-state index contributed by atoms with van der Waals surface area (Å²) in [4.78, 5) is 0. The molecule has 0 saturated heterocycles. The van der Waals surface area contributed by atoms with E-state index in [1.807, 2.05) is 0 Å². The number of aliphatic hydroxyl groups is 1. The zero-order valence-corrected chi connectivity index (χ0v) is 38.3. The molecule has 0 radical (unpaired) electrons. The van der Waals surface area contributed by atoms with Crippen LogP contribution in [0.2, 0.25) is 24.2 Å². The van der Waals surface area contributed by atoms with E-state index in [-0.39, 0.29) is 6.61 Å². The molecule has 0 aromatic heterocycles. The molecule has 1 N–H and O–H groups in total. The fraction of sp³-hybridized carbons (Fsp3) is 1.00. The van der Waals surface area contributed by atoms with Crippen molar-refractivity contribution in [2.75, 3.05) is 88.6 Å². The molecule has 0 aromatic carbocycles. The van der Waals surface area contributed by atoms with Crippen molar-refractivity contribution < 1.29 is 32.6 Å². The molecule has 0 aliphatic carbocycles. The van der Waals surface area contributed by atoms with E-state index in [0.717, 1.165) is 12.1 Å². The Hall–Kier alpha value is 4.78. The summed E-state index contributed by atoms with van der Waals surface area (Å²) in [6.45, 7) is -0.405. The zero-order valence-electron chi connectivity index (χ0n) is 23.8. The minimum atomic E-state index is -2.57. The molecule has 0 amide bonds. The Morgan fingerprint density at radius 3 is 1.21 bits per heavy atom. The van der Waals surface area contributed by atoms with E-state index in [4.69, 9.17) is 99.1 Å². The normalized spacial score (nSPS) is 12.4. The molecular weight excluding hydrogens is 878 g/mol. The van der Waals surface area contributed by atoms with Gasteiger partial charge in [0.05, 0.1) is 24.4 Å². The van der Waals surface area contributed by atoms with Crippen LogP contribution in [-0.4, -0.2) is 120 Å². The summed E-state index contributed by atoms with van der Waals surface area (Å²) in [5.41, 5.74) is 0. The lowest BCUT2D eigenvalue weighted by molar-refractivity contribution is 0.206. The first-order valence-corrected chi connectivity index (χ1v) is 34.5. The molecule has 0 aromatic rings. The van der Waals surface area contributed by atoms with E-state index in [2.05, 4.69) is 50.5 Å². The van der Waals surface area contributed by atoms with Crippen LogP contribution < -0.4 is 0 Å². The maximum Gasteiger partial charge on any atom is 0.408 e. The molecule has 7 nitrogen and oxygen atoms in total. The topological polar surface area (TPSA) is 75.6 Å². The predicted octanol–water partition coefficient (Wildman–Crippen LogP) is 7.92. The van der Waals surface area contributed by atoms with Gasteiger partial charge in [0, 0.05) is 70.2 Å². The summed E-state index contributed by atoms with van der Waals surface area (Å²) in [5.74, 6) is 4.19. The second-order valence-electron chi connectivity index (χ2n) is 7.41. The third kappa shape index (κ3) is 34.6. The van der Waals surface area contributed by atoms with E-state index >= 15 is 0 Å². The number of rotatable bonds is 25. The Bertz CT molecular complexity index is 510. The van der Waals surface area contributed by atoms with Crippen LogP contribution in [0.4, 0.5) is 0 Å². The van der Waals surface area contributed by atoms with Gasteiger partial charge < -0.3 is 32.6 Å². The molecule has 0 rings (SSSR count). The summed E-state index contributed by atoms with van der Waals surface area (Å²) in [6.07, 6.45) is 0. The minimum Gasteiger partial charge on any atom is -0.398 e. The Morgan fingerprint density at radius 1 is 0.548 bits per heavy atom. The summed E-state index contributed by atoms with van der Waals surface area (Å²) in [6, 6.07) is -2.64. The quantitative estimate of drug-likeness (QED) is 0.0270. The van der Waals surface area contributed by atoms with Crippen LogP contribution in [-0.2, 0) is 27.5 Å². The number of hydrogen-bond acceptors (Lipinski definition) is 14. The highest BCUT2D eigenvalue weighted by molar-refractivity contribution is 8.57. The molecule has 0 heterocycles. The van der Waals surface area contributed by atoms with Crippen LogP contribution in [0.5, 0.6) is 0 Å². The van der Waals surface area contributed by atoms with E-state index in [9.17, 15) is 0 Å². The SMILES string of the molecule is COCS[Si](CC[Si](OCCS)(SCOC)SCOC)(OCCS)OCCS.Cl[Si](Cl)(Cl)CC[Si](Cl)(Cl)Cl.OCCS. The molecule has 0 atom stereocenters. The van der Waals surface area contributed by atoms with E-state index in [1.165, 1.54) is 0 Å². The molecule has 0 fully saturated rings. The van der Waals surface area contributed by atoms with Crippen molar-refractivity contribution in [1.82, 2.24) is 0 Å². The molecular formula is C18H44Cl6O7S7Si4. The summed E-state index contributed by atoms with van der Waals surface area (Å²) in [5, 5.41) is 7.80. The number of aliphatic hydroxyl groups excluding tert-OH is 1. The Kier molecular flexibility index (Phi) is 40.1. The Morgan fingerprint density at radius 2 is 0.905 bits per heavy atom. The lowest BCUT2D eigenvalue weighted by Crippen LogP contribution is -2.44. The number of methoxy groups -OCH3 is 3. The fourth-order valence-corrected chi connectivity index (χ4v) is 27.0. The highest BCUT2D eigenvalue weighted by Gasteiger charge is 2.46.